The number of carbonyl (C=O) groups excluding carboxylic acids is 3. The first-order chi connectivity index (χ1) is 19.1. The average Bonchev–Trinajstić information content (AvgIpc) is 3.10. The van der Waals surface area contributed by atoms with E-state index in [1.165, 1.54) is 13.1 Å². The molecule has 3 amide bonds. The molecule has 0 radical (unpaired) electrons. The zero-order valence-electron chi connectivity index (χ0n) is 22.1. The Hall–Kier alpha value is -2.74. The van der Waals surface area contributed by atoms with Crippen LogP contribution in [0.15, 0.2) is 48.6 Å². The lowest BCUT2D eigenvalue weighted by atomic mass is 9.99. The number of likely N-dealkylation sites (N-methyl/N-ethyl adjacent to an activating group) is 1. The Balaban J connectivity index is 1.94. The summed E-state index contributed by atoms with van der Waals surface area (Å²) >= 11 is 8.26. The van der Waals surface area contributed by atoms with E-state index in [4.69, 9.17) is 11.6 Å². The number of benzene rings is 2. The van der Waals surface area contributed by atoms with Crippen LogP contribution in [0.5, 0.6) is 0 Å². The van der Waals surface area contributed by atoms with Gasteiger partial charge in [-0.1, -0.05) is 23.7 Å². The van der Waals surface area contributed by atoms with Gasteiger partial charge in [-0.15, -0.1) is 0 Å². The molecular weight excluding hydrogens is 684 g/mol. The van der Waals surface area contributed by atoms with Crippen LogP contribution in [0.2, 0.25) is 5.02 Å². The van der Waals surface area contributed by atoms with Gasteiger partial charge in [-0.3, -0.25) is 14.4 Å². The van der Waals surface area contributed by atoms with Crippen molar-refractivity contribution in [3.63, 3.8) is 0 Å². The largest absolute Gasteiger partial charge is 0.416 e. The standard InChI is InChI=1S/C28H28ClF5IN3O3/c1-27(30,31)18-13-17(14-19(15-18)28(32,33)34)26(41)38(2)20(11-16-6-8-22(35)21(29)12-16)7-9-24(39)37-23-5-3-4-10-36-25(23)40/h6-9,12-15,20,23H,3-5,10-11H2,1-2H3,(H,36,40)(H,37,39)/b9-7+/t20-,23?/m0/s1. The number of amides is 3. The van der Waals surface area contributed by atoms with E-state index in [1.807, 2.05) is 22.6 Å². The number of nitrogens with zero attached hydrogens (tertiary/aromatic N) is 1. The third-order valence-corrected chi connectivity index (χ3v) is 8.15. The Labute approximate surface area is 252 Å². The maximum Gasteiger partial charge on any atom is 0.416 e. The quantitative estimate of drug-likeness (QED) is 0.198. The van der Waals surface area contributed by atoms with Gasteiger partial charge in [0.2, 0.25) is 11.8 Å². The van der Waals surface area contributed by atoms with Crippen LogP contribution in [0.4, 0.5) is 22.0 Å². The zero-order chi connectivity index (χ0) is 30.5. The average molecular weight is 712 g/mol. The van der Waals surface area contributed by atoms with Crippen molar-refractivity contribution < 1.29 is 36.3 Å². The molecular formula is C28H28ClF5IN3O3. The second-order valence-electron chi connectivity index (χ2n) is 9.83. The lowest BCUT2D eigenvalue weighted by Crippen LogP contribution is -2.45. The molecule has 0 saturated carbocycles. The fourth-order valence-corrected chi connectivity index (χ4v) is 4.80. The van der Waals surface area contributed by atoms with Gasteiger partial charge in [0, 0.05) is 41.3 Å². The molecule has 1 aliphatic rings. The molecule has 2 aromatic carbocycles. The topological polar surface area (TPSA) is 78.5 Å². The molecule has 1 heterocycles. The molecule has 2 N–H and O–H groups in total. The van der Waals surface area contributed by atoms with Crippen LogP contribution < -0.4 is 10.6 Å². The van der Waals surface area contributed by atoms with Crippen molar-refractivity contribution in [1.82, 2.24) is 15.5 Å². The molecule has 222 valence electrons. The second kappa shape index (κ2) is 13.5. The van der Waals surface area contributed by atoms with Crippen LogP contribution in [0.3, 0.4) is 0 Å². The van der Waals surface area contributed by atoms with Crippen LogP contribution in [-0.4, -0.2) is 48.3 Å². The third-order valence-electron chi connectivity index (χ3n) is 6.58. The zero-order valence-corrected chi connectivity index (χ0v) is 25.0. The van der Waals surface area contributed by atoms with Crippen molar-refractivity contribution in [2.45, 2.75) is 56.8 Å². The van der Waals surface area contributed by atoms with Crippen LogP contribution in [-0.2, 0) is 28.1 Å². The summed E-state index contributed by atoms with van der Waals surface area (Å²) in [7, 11) is 1.30. The van der Waals surface area contributed by atoms with Crippen LogP contribution in [0.25, 0.3) is 0 Å². The fourth-order valence-electron chi connectivity index (χ4n) is 4.26. The Morgan fingerprint density at radius 3 is 2.46 bits per heavy atom. The maximum atomic E-state index is 14.0. The van der Waals surface area contributed by atoms with E-state index < -0.39 is 52.7 Å². The summed E-state index contributed by atoms with van der Waals surface area (Å²) < 4.78 is 69.4. The summed E-state index contributed by atoms with van der Waals surface area (Å²) in [6, 6.07) is 5.06. The molecule has 0 spiro atoms. The number of nitrogens with one attached hydrogen (secondary N) is 2. The van der Waals surface area contributed by atoms with Crippen LogP contribution in [0, 0.1) is 3.57 Å². The molecule has 1 fully saturated rings. The summed E-state index contributed by atoms with van der Waals surface area (Å²) in [5.41, 5.74) is -2.27. The van der Waals surface area contributed by atoms with E-state index in [2.05, 4.69) is 10.6 Å². The number of hydrogen-bond donors (Lipinski definition) is 2. The van der Waals surface area contributed by atoms with Gasteiger partial charge >= 0.3 is 6.18 Å². The normalized spacial score (nSPS) is 17.1. The number of carbonyl (C=O) groups is 3. The summed E-state index contributed by atoms with van der Waals surface area (Å²) in [6.07, 6.45) is -0.389. The smallest absolute Gasteiger partial charge is 0.354 e. The van der Waals surface area contributed by atoms with Gasteiger partial charge < -0.3 is 15.5 Å². The lowest BCUT2D eigenvalue weighted by molar-refractivity contribution is -0.137. The predicted octanol–water partition coefficient (Wildman–Crippen LogP) is 6.10. The van der Waals surface area contributed by atoms with E-state index in [0.29, 0.717) is 42.6 Å². The van der Waals surface area contributed by atoms with Gasteiger partial charge in [0.05, 0.1) is 16.6 Å². The minimum absolute atomic E-state index is 0.0995. The Kier molecular flexibility index (Phi) is 10.8. The molecule has 0 aliphatic carbocycles. The molecule has 1 unspecified atom stereocenters. The molecule has 2 aromatic rings. The van der Waals surface area contributed by atoms with Crippen molar-refractivity contribution in [2.75, 3.05) is 13.6 Å². The molecule has 3 rings (SSSR count). The van der Waals surface area contributed by atoms with Gasteiger partial charge in [0.1, 0.15) is 6.04 Å². The van der Waals surface area contributed by atoms with Crippen LogP contribution >= 0.6 is 34.2 Å². The summed E-state index contributed by atoms with van der Waals surface area (Å²) in [5, 5.41) is 5.77. The minimum Gasteiger partial charge on any atom is -0.354 e. The van der Waals surface area contributed by atoms with Gasteiger partial charge in [-0.2, -0.15) is 13.2 Å². The predicted molar refractivity (Wildman–Crippen MR) is 153 cm³/mol. The van der Waals surface area contributed by atoms with E-state index in [0.717, 1.165) is 33.5 Å². The number of halogens is 7. The molecule has 2 atom stereocenters. The maximum absolute atomic E-state index is 14.0. The van der Waals surface area contributed by atoms with Crippen molar-refractivity contribution in [3.05, 3.63) is 79.4 Å². The monoisotopic (exact) mass is 711 g/mol. The minimum atomic E-state index is -4.96. The van der Waals surface area contributed by atoms with Gasteiger partial charge in [0.15, 0.2) is 0 Å². The first kappa shape index (κ1) is 32.8. The van der Waals surface area contributed by atoms with E-state index in [9.17, 15) is 36.3 Å². The summed E-state index contributed by atoms with van der Waals surface area (Å²) in [4.78, 5) is 39.3. The number of rotatable bonds is 8. The third kappa shape index (κ3) is 9.12. The summed E-state index contributed by atoms with van der Waals surface area (Å²) in [5.74, 6) is -5.51. The lowest BCUT2D eigenvalue weighted by Gasteiger charge is -2.27. The van der Waals surface area contributed by atoms with Crippen molar-refractivity contribution >= 4 is 51.9 Å². The Bertz CT molecular complexity index is 1300. The number of alkyl halides is 5. The van der Waals surface area contributed by atoms with Gasteiger partial charge in [-0.25, -0.2) is 8.78 Å². The molecule has 13 heteroatoms. The molecule has 6 nitrogen and oxygen atoms in total. The molecule has 0 bridgehead atoms. The van der Waals surface area contributed by atoms with Crippen molar-refractivity contribution in [2.24, 2.45) is 0 Å². The molecule has 1 saturated heterocycles. The summed E-state index contributed by atoms with van der Waals surface area (Å²) in [6.45, 7) is 0.954. The second-order valence-corrected chi connectivity index (χ2v) is 11.4. The van der Waals surface area contributed by atoms with Gasteiger partial charge in [-0.05, 0) is 84.2 Å². The van der Waals surface area contributed by atoms with Crippen LogP contribution in [0.1, 0.15) is 53.2 Å². The SMILES string of the molecule is CN(C(=O)c1cc(C(C)(F)F)cc(C(F)(F)F)c1)[C@@H](/C=C/C(=O)NC1CCCCNC1=O)Cc1ccc(I)c(Cl)c1. The first-order valence-corrected chi connectivity index (χ1v) is 14.1. The van der Waals surface area contributed by atoms with Crippen molar-refractivity contribution in [3.8, 4) is 0 Å². The highest BCUT2D eigenvalue weighted by atomic mass is 127. The van der Waals surface area contributed by atoms with Gasteiger partial charge in [0.25, 0.3) is 11.8 Å². The molecule has 41 heavy (non-hydrogen) atoms. The Morgan fingerprint density at radius 1 is 1.15 bits per heavy atom. The van der Waals surface area contributed by atoms with Crippen molar-refractivity contribution in [1.29, 1.82) is 0 Å². The molecule has 0 aromatic heterocycles. The highest BCUT2D eigenvalue weighted by molar-refractivity contribution is 14.1. The Morgan fingerprint density at radius 2 is 1.83 bits per heavy atom. The van der Waals surface area contributed by atoms with E-state index >= 15 is 0 Å². The number of hydrogen-bond acceptors (Lipinski definition) is 3. The highest BCUT2D eigenvalue weighted by Crippen LogP contribution is 2.36. The highest BCUT2D eigenvalue weighted by Gasteiger charge is 2.36. The van der Waals surface area contributed by atoms with E-state index in [-0.39, 0.29) is 12.3 Å². The first-order valence-electron chi connectivity index (χ1n) is 12.6. The van der Waals surface area contributed by atoms with E-state index in [1.54, 1.807) is 18.2 Å². The fraction of sp³-hybridized carbons (Fsp3) is 0.393. The molecule has 1 aliphatic heterocycles.